The first-order chi connectivity index (χ1) is 16.3. The number of hydrogen-bond acceptors (Lipinski definition) is 7. The van der Waals surface area contributed by atoms with Gasteiger partial charge in [-0.25, -0.2) is 8.42 Å². The van der Waals surface area contributed by atoms with Crippen LogP contribution in [0.5, 0.6) is 0 Å². The zero-order valence-corrected chi connectivity index (χ0v) is 19.1. The Morgan fingerprint density at radius 1 is 0.882 bits per heavy atom. The summed E-state index contributed by atoms with van der Waals surface area (Å²) in [5, 5.41) is 10.8. The first-order valence-corrected chi connectivity index (χ1v) is 12.2. The molecule has 0 aromatic heterocycles. The van der Waals surface area contributed by atoms with Gasteiger partial charge in [0, 0.05) is 55.2 Å². The summed E-state index contributed by atoms with van der Waals surface area (Å²) in [6.45, 7) is 3.08. The van der Waals surface area contributed by atoms with Crippen LogP contribution in [0.25, 0.3) is 0 Å². The molecule has 10 heteroatoms. The van der Waals surface area contributed by atoms with Gasteiger partial charge in [-0.15, -0.1) is 0 Å². The summed E-state index contributed by atoms with van der Waals surface area (Å²) < 4.78 is 27.4. The van der Waals surface area contributed by atoms with E-state index in [1.165, 1.54) is 24.3 Å². The maximum Gasteiger partial charge on any atom is 0.269 e. The fourth-order valence-corrected chi connectivity index (χ4v) is 4.86. The first kappa shape index (κ1) is 23.4. The Labute approximate surface area is 197 Å². The van der Waals surface area contributed by atoms with E-state index in [1.54, 1.807) is 54.6 Å². The van der Waals surface area contributed by atoms with Gasteiger partial charge in [-0.3, -0.25) is 24.5 Å². The summed E-state index contributed by atoms with van der Waals surface area (Å²) in [6, 6.07) is 21.0. The number of benzene rings is 3. The summed E-state index contributed by atoms with van der Waals surface area (Å²) in [5.74, 6) is -0.0405. The molecule has 0 radical (unpaired) electrons. The number of sulfonamides is 1. The average Bonchev–Trinajstić information content (AvgIpc) is 2.85. The van der Waals surface area contributed by atoms with Gasteiger partial charge >= 0.3 is 0 Å². The second kappa shape index (κ2) is 10.0. The summed E-state index contributed by atoms with van der Waals surface area (Å²) in [7, 11) is -3.69. The van der Waals surface area contributed by atoms with Crippen molar-refractivity contribution in [3.63, 3.8) is 0 Å². The van der Waals surface area contributed by atoms with Crippen molar-refractivity contribution in [2.24, 2.45) is 0 Å². The predicted molar refractivity (Wildman–Crippen MR) is 130 cm³/mol. The number of carbonyl (C=O) groups excluding carboxylic acids is 1. The fourth-order valence-electron chi connectivity index (χ4n) is 3.78. The third-order valence-corrected chi connectivity index (χ3v) is 7.07. The summed E-state index contributed by atoms with van der Waals surface area (Å²) >= 11 is 0. The highest BCUT2D eigenvalue weighted by atomic mass is 32.2. The quantitative estimate of drug-likeness (QED) is 0.299. The van der Waals surface area contributed by atoms with Gasteiger partial charge in [0.25, 0.3) is 15.7 Å². The van der Waals surface area contributed by atoms with Crippen LogP contribution in [-0.4, -0.2) is 56.7 Å². The average molecular weight is 481 g/mol. The van der Waals surface area contributed by atoms with Gasteiger partial charge in [-0.05, 0) is 48.5 Å². The molecule has 1 aliphatic heterocycles. The minimum atomic E-state index is -3.69. The molecule has 1 N–H and O–H groups in total. The van der Waals surface area contributed by atoms with E-state index >= 15 is 0 Å². The molecule has 0 atom stereocenters. The van der Waals surface area contributed by atoms with E-state index in [1.807, 2.05) is 0 Å². The topological polar surface area (TPSA) is 113 Å². The van der Waals surface area contributed by atoms with Crippen molar-refractivity contribution in [1.82, 2.24) is 4.90 Å². The number of rotatable bonds is 8. The van der Waals surface area contributed by atoms with E-state index in [-0.39, 0.29) is 22.9 Å². The summed E-state index contributed by atoms with van der Waals surface area (Å²) in [4.78, 5) is 27.5. The van der Waals surface area contributed by atoms with Crippen LogP contribution in [0.15, 0.2) is 83.8 Å². The number of anilines is 2. The number of nitro groups is 1. The van der Waals surface area contributed by atoms with Crippen LogP contribution in [0.1, 0.15) is 10.4 Å². The van der Waals surface area contributed by atoms with Crippen molar-refractivity contribution in [3.8, 4) is 0 Å². The Kier molecular flexibility index (Phi) is 6.90. The molecular formula is C24H24N4O5S. The second-order valence-electron chi connectivity index (χ2n) is 7.96. The molecule has 0 amide bonds. The van der Waals surface area contributed by atoms with Gasteiger partial charge < -0.3 is 4.90 Å². The Bertz CT molecular complexity index is 1250. The second-order valence-corrected chi connectivity index (χ2v) is 9.64. The monoisotopic (exact) mass is 480 g/mol. The van der Waals surface area contributed by atoms with E-state index in [2.05, 4.69) is 14.5 Å². The standard InChI is InChI=1S/C24H24N4O5S/c29-24(18-26-14-16-27(17-15-26)21-10-12-22(13-11-21)28(30)31)19-6-8-20(9-7-19)25-34(32,33)23-4-2-1-3-5-23/h1-13,25H,14-18H2. The first-order valence-electron chi connectivity index (χ1n) is 10.7. The molecule has 3 aromatic carbocycles. The number of hydrogen-bond donors (Lipinski definition) is 1. The van der Waals surface area contributed by atoms with E-state index in [0.29, 0.717) is 37.4 Å². The number of nitrogens with zero attached hydrogens (tertiary/aromatic N) is 3. The SMILES string of the molecule is O=C(CN1CCN(c2ccc([N+](=O)[O-])cc2)CC1)c1ccc(NS(=O)(=O)c2ccccc2)cc1. The molecule has 0 aliphatic carbocycles. The molecule has 9 nitrogen and oxygen atoms in total. The van der Waals surface area contributed by atoms with Crippen LogP contribution in [0.4, 0.5) is 17.1 Å². The van der Waals surface area contributed by atoms with Gasteiger partial charge in [-0.1, -0.05) is 18.2 Å². The lowest BCUT2D eigenvalue weighted by molar-refractivity contribution is -0.384. The molecule has 1 fully saturated rings. The molecule has 1 heterocycles. The minimum Gasteiger partial charge on any atom is -0.369 e. The van der Waals surface area contributed by atoms with E-state index in [9.17, 15) is 23.3 Å². The van der Waals surface area contributed by atoms with Crippen LogP contribution in [0.2, 0.25) is 0 Å². The molecule has 176 valence electrons. The molecule has 0 bridgehead atoms. The van der Waals surface area contributed by atoms with Crippen molar-refractivity contribution in [3.05, 3.63) is 94.5 Å². The highest BCUT2D eigenvalue weighted by Crippen LogP contribution is 2.21. The largest absolute Gasteiger partial charge is 0.369 e. The number of carbonyl (C=O) groups is 1. The fraction of sp³-hybridized carbons (Fsp3) is 0.208. The number of nitrogens with one attached hydrogen (secondary N) is 1. The molecular weight excluding hydrogens is 456 g/mol. The van der Waals surface area contributed by atoms with E-state index in [4.69, 9.17) is 0 Å². The Hall–Kier alpha value is -3.76. The van der Waals surface area contributed by atoms with E-state index < -0.39 is 14.9 Å². The van der Waals surface area contributed by atoms with Crippen LogP contribution in [0, 0.1) is 10.1 Å². The maximum absolute atomic E-state index is 12.7. The van der Waals surface area contributed by atoms with Crippen LogP contribution in [-0.2, 0) is 10.0 Å². The van der Waals surface area contributed by atoms with Crippen molar-refractivity contribution in [2.75, 3.05) is 42.3 Å². The molecule has 34 heavy (non-hydrogen) atoms. The van der Waals surface area contributed by atoms with Crippen molar-refractivity contribution >= 4 is 32.9 Å². The van der Waals surface area contributed by atoms with Gasteiger partial charge in [-0.2, -0.15) is 0 Å². The minimum absolute atomic E-state index is 0.0405. The highest BCUT2D eigenvalue weighted by molar-refractivity contribution is 7.92. The molecule has 0 saturated carbocycles. The highest BCUT2D eigenvalue weighted by Gasteiger charge is 2.21. The van der Waals surface area contributed by atoms with Crippen LogP contribution < -0.4 is 9.62 Å². The lowest BCUT2D eigenvalue weighted by Crippen LogP contribution is -2.48. The summed E-state index contributed by atoms with van der Waals surface area (Å²) in [6.07, 6.45) is 0. The van der Waals surface area contributed by atoms with Crippen LogP contribution in [0.3, 0.4) is 0 Å². The lowest BCUT2D eigenvalue weighted by Gasteiger charge is -2.35. The number of piperazine rings is 1. The van der Waals surface area contributed by atoms with Gasteiger partial charge in [0.05, 0.1) is 16.4 Å². The molecule has 0 unspecified atom stereocenters. The number of nitro benzene ring substituents is 1. The summed E-state index contributed by atoms with van der Waals surface area (Å²) in [5.41, 5.74) is 1.88. The van der Waals surface area contributed by atoms with Gasteiger partial charge in [0.15, 0.2) is 5.78 Å². The number of Topliss-reactive ketones (excluding diaryl/α,β-unsaturated/α-hetero) is 1. The Morgan fingerprint density at radius 3 is 2.09 bits per heavy atom. The molecule has 1 saturated heterocycles. The molecule has 3 aromatic rings. The van der Waals surface area contributed by atoms with E-state index in [0.717, 1.165) is 5.69 Å². The van der Waals surface area contributed by atoms with Crippen molar-refractivity contribution in [1.29, 1.82) is 0 Å². The molecule has 4 rings (SSSR count). The number of non-ortho nitro benzene ring substituents is 1. The van der Waals surface area contributed by atoms with Crippen molar-refractivity contribution in [2.45, 2.75) is 4.90 Å². The molecule has 1 aliphatic rings. The predicted octanol–water partition coefficient (Wildman–Crippen LogP) is 3.40. The normalized spacial score (nSPS) is 14.5. The third-order valence-electron chi connectivity index (χ3n) is 5.68. The van der Waals surface area contributed by atoms with Gasteiger partial charge in [0.1, 0.15) is 0 Å². The zero-order valence-electron chi connectivity index (χ0n) is 18.3. The third kappa shape index (κ3) is 5.59. The molecule has 0 spiro atoms. The lowest BCUT2D eigenvalue weighted by atomic mass is 10.1. The Balaban J connectivity index is 1.30. The smallest absolute Gasteiger partial charge is 0.269 e. The van der Waals surface area contributed by atoms with Gasteiger partial charge in [0.2, 0.25) is 0 Å². The Morgan fingerprint density at radius 2 is 1.50 bits per heavy atom. The van der Waals surface area contributed by atoms with Crippen molar-refractivity contribution < 1.29 is 18.1 Å². The maximum atomic E-state index is 12.7. The zero-order chi connectivity index (χ0) is 24.1. The van der Waals surface area contributed by atoms with Crippen LogP contribution >= 0.6 is 0 Å². The number of ketones is 1.